The van der Waals surface area contributed by atoms with E-state index in [0.29, 0.717) is 17.1 Å². The molecule has 20 heavy (non-hydrogen) atoms. The SMILES string of the molecule is CC1(C)C=C(n2c(=O)cc[nH]c2=O)c2ncccc2O1. The van der Waals surface area contributed by atoms with E-state index in [2.05, 4.69) is 9.97 Å². The Morgan fingerprint density at radius 2 is 2.10 bits per heavy atom. The topological polar surface area (TPSA) is 77.0 Å². The van der Waals surface area contributed by atoms with Gasteiger partial charge >= 0.3 is 5.69 Å². The predicted molar refractivity (Wildman–Crippen MR) is 73.6 cm³/mol. The van der Waals surface area contributed by atoms with Gasteiger partial charge in [0.2, 0.25) is 0 Å². The van der Waals surface area contributed by atoms with Crippen molar-refractivity contribution < 1.29 is 4.74 Å². The lowest BCUT2D eigenvalue weighted by atomic mass is 10.0. The third-order valence-corrected chi connectivity index (χ3v) is 2.97. The van der Waals surface area contributed by atoms with Crippen molar-refractivity contribution in [3.63, 3.8) is 0 Å². The van der Waals surface area contributed by atoms with Crippen molar-refractivity contribution in [3.8, 4) is 5.75 Å². The maximum Gasteiger partial charge on any atom is 0.333 e. The summed E-state index contributed by atoms with van der Waals surface area (Å²) >= 11 is 0. The number of fused-ring (bicyclic) bond motifs is 1. The van der Waals surface area contributed by atoms with Gasteiger partial charge in [-0.05, 0) is 32.1 Å². The van der Waals surface area contributed by atoms with Gasteiger partial charge in [-0.15, -0.1) is 0 Å². The molecule has 2 aromatic rings. The normalized spacial score (nSPS) is 16.0. The first kappa shape index (κ1) is 12.4. The van der Waals surface area contributed by atoms with Crippen molar-refractivity contribution in [2.45, 2.75) is 19.4 Å². The molecular weight excluding hydrogens is 258 g/mol. The lowest BCUT2D eigenvalue weighted by Gasteiger charge is -2.30. The van der Waals surface area contributed by atoms with Gasteiger partial charge in [0, 0.05) is 18.5 Å². The van der Waals surface area contributed by atoms with Crippen molar-refractivity contribution in [1.29, 1.82) is 0 Å². The van der Waals surface area contributed by atoms with Crippen LogP contribution in [0.15, 0.2) is 46.3 Å². The molecule has 0 saturated heterocycles. The van der Waals surface area contributed by atoms with E-state index in [1.165, 1.54) is 12.3 Å². The summed E-state index contributed by atoms with van der Waals surface area (Å²) in [7, 11) is 0. The van der Waals surface area contributed by atoms with Crippen molar-refractivity contribution in [3.05, 3.63) is 63.2 Å². The van der Waals surface area contributed by atoms with E-state index < -0.39 is 16.9 Å². The molecule has 0 saturated carbocycles. The van der Waals surface area contributed by atoms with Crippen LogP contribution < -0.4 is 16.0 Å². The molecule has 1 N–H and O–H groups in total. The van der Waals surface area contributed by atoms with Crippen LogP contribution in [0.1, 0.15) is 19.5 Å². The monoisotopic (exact) mass is 271 g/mol. The van der Waals surface area contributed by atoms with Gasteiger partial charge in [-0.1, -0.05) is 0 Å². The van der Waals surface area contributed by atoms with E-state index >= 15 is 0 Å². The zero-order valence-corrected chi connectivity index (χ0v) is 11.1. The van der Waals surface area contributed by atoms with Crippen LogP contribution in [-0.2, 0) is 0 Å². The highest BCUT2D eigenvalue weighted by Crippen LogP contribution is 2.33. The zero-order valence-electron chi connectivity index (χ0n) is 11.1. The van der Waals surface area contributed by atoms with Crippen LogP contribution in [0, 0.1) is 0 Å². The third kappa shape index (κ3) is 1.95. The Hall–Kier alpha value is -2.63. The van der Waals surface area contributed by atoms with Crippen LogP contribution >= 0.6 is 0 Å². The summed E-state index contributed by atoms with van der Waals surface area (Å²) < 4.78 is 6.85. The summed E-state index contributed by atoms with van der Waals surface area (Å²) in [5, 5.41) is 0. The minimum atomic E-state index is -0.632. The van der Waals surface area contributed by atoms with Gasteiger partial charge in [0.1, 0.15) is 17.0 Å². The molecule has 6 heteroatoms. The second-order valence-corrected chi connectivity index (χ2v) is 5.04. The molecule has 1 aliphatic rings. The second kappa shape index (κ2) is 4.19. The van der Waals surface area contributed by atoms with E-state index in [-0.39, 0.29) is 0 Å². The number of rotatable bonds is 1. The van der Waals surface area contributed by atoms with Gasteiger partial charge in [-0.25, -0.2) is 9.36 Å². The molecular formula is C14H13N3O3. The molecule has 0 spiro atoms. The summed E-state index contributed by atoms with van der Waals surface area (Å²) in [6.07, 6.45) is 4.64. The Balaban J connectivity index is 2.34. The molecule has 0 amide bonds. The van der Waals surface area contributed by atoms with E-state index in [0.717, 1.165) is 4.57 Å². The van der Waals surface area contributed by atoms with Gasteiger partial charge in [0.05, 0.1) is 5.70 Å². The Bertz CT molecular complexity index is 786. The van der Waals surface area contributed by atoms with Gasteiger partial charge < -0.3 is 9.72 Å². The second-order valence-electron chi connectivity index (χ2n) is 5.04. The molecule has 3 rings (SSSR count). The van der Waals surface area contributed by atoms with E-state index in [1.54, 1.807) is 24.4 Å². The van der Waals surface area contributed by atoms with Gasteiger partial charge in [0.25, 0.3) is 5.56 Å². The fraction of sp³-hybridized carbons (Fsp3) is 0.214. The number of aromatic amines is 1. The van der Waals surface area contributed by atoms with E-state index in [9.17, 15) is 9.59 Å². The lowest BCUT2D eigenvalue weighted by molar-refractivity contribution is 0.156. The summed E-state index contributed by atoms with van der Waals surface area (Å²) in [4.78, 5) is 30.7. The van der Waals surface area contributed by atoms with Crippen molar-refractivity contribution in [2.75, 3.05) is 0 Å². The molecule has 1 aliphatic heterocycles. The van der Waals surface area contributed by atoms with Gasteiger partial charge in [-0.2, -0.15) is 0 Å². The average Bonchev–Trinajstić information content (AvgIpc) is 2.37. The van der Waals surface area contributed by atoms with Crippen LogP contribution in [0.5, 0.6) is 5.75 Å². The first-order valence-corrected chi connectivity index (χ1v) is 6.16. The Morgan fingerprint density at radius 3 is 2.85 bits per heavy atom. The third-order valence-electron chi connectivity index (χ3n) is 2.97. The number of H-pyrrole nitrogens is 1. The standard InChI is InChI=1S/C14H13N3O3/c1-14(2)8-9(12-10(20-14)4-3-6-15-12)17-11(18)5-7-16-13(17)19/h3-8H,1-2H3,(H,16,19). The predicted octanol–water partition coefficient (Wildman–Crippen LogP) is 0.992. The zero-order chi connectivity index (χ0) is 14.3. The smallest absolute Gasteiger partial charge is 0.333 e. The largest absolute Gasteiger partial charge is 0.481 e. The number of nitrogens with zero attached hydrogens (tertiary/aromatic N) is 2. The fourth-order valence-corrected chi connectivity index (χ4v) is 2.20. The molecule has 102 valence electrons. The summed E-state index contributed by atoms with van der Waals surface area (Å²) in [6.45, 7) is 3.70. The molecule has 3 heterocycles. The average molecular weight is 271 g/mol. The van der Waals surface area contributed by atoms with Crippen LogP contribution in [-0.4, -0.2) is 20.1 Å². The number of hydrogen-bond donors (Lipinski definition) is 1. The highest BCUT2D eigenvalue weighted by Gasteiger charge is 2.29. The van der Waals surface area contributed by atoms with Crippen molar-refractivity contribution >= 4 is 5.70 Å². The molecule has 6 nitrogen and oxygen atoms in total. The van der Waals surface area contributed by atoms with Crippen LogP contribution in [0.4, 0.5) is 0 Å². The number of aromatic nitrogens is 3. The minimum Gasteiger partial charge on any atom is -0.481 e. The molecule has 0 bridgehead atoms. The van der Waals surface area contributed by atoms with Crippen LogP contribution in [0.2, 0.25) is 0 Å². The Kier molecular flexibility index (Phi) is 2.60. The van der Waals surface area contributed by atoms with Crippen molar-refractivity contribution in [2.24, 2.45) is 0 Å². The maximum atomic E-state index is 12.0. The lowest BCUT2D eigenvalue weighted by Crippen LogP contribution is -2.38. The molecule has 0 aromatic carbocycles. The highest BCUT2D eigenvalue weighted by atomic mass is 16.5. The highest BCUT2D eigenvalue weighted by molar-refractivity contribution is 5.70. The van der Waals surface area contributed by atoms with E-state index in [4.69, 9.17) is 4.74 Å². The summed E-state index contributed by atoms with van der Waals surface area (Å²) in [6, 6.07) is 4.81. The molecule has 0 atom stereocenters. The number of ether oxygens (including phenoxy) is 1. The number of hydrogen-bond acceptors (Lipinski definition) is 4. The first-order chi connectivity index (χ1) is 9.48. The maximum absolute atomic E-state index is 12.0. The minimum absolute atomic E-state index is 0.408. The van der Waals surface area contributed by atoms with Crippen molar-refractivity contribution in [1.82, 2.24) is 14.5 Å². The molecule has 0 unspecified atom stereocenters. The summed E-state index contributed by atoms with van der Waals surface area (Å²) in [5.41, 5.74) is -0.630. The number of nitrogens with one attached hydrogen (secondary N) is 1. The number of pyridine rings is 1. The van der Waals surface area contributed by atoms with Crippen LogP contribution in [0.3, 0.4) is 0 Å². The quantitative estimate of drug-likeness (QED) is 0.839. The molecule has 0 aliphatic carbocycles. The molecule has 0 fully saturated rings. The van der Waals surface area contributed by atoms with Gasteiger partial charge in [0.15, 0.2) is 0 Å². The Morgan fingerprint density at radius 1 is 1.30 bits per heavy atom. The molecule has 2 aromatic heterocycles. The first-order valence-electron chi connectivity index (χ1n) is 6.16. The van der Waals surface area contributed by atoms with Gasteiger partial charge in [-0.3, -0.25) is 9.78 Å². The summed E-state index contributed by atoms with van der Waals surface area (Å²) in [5.74, 6) is 0.546. The fourth-order valence-electron chi connectivity index (χ4n) is 2.20. The molecule has 0 radical (unpaired) electrons. The van der Waals surface area contributed by atoms with Crippen LogP contribution in [0.25, 0.3) is 5.70 Å². The Labute approximate surface area is 114 Å². The van der Waals surface area contributed by atoms with E-state index in [1.807, 2.05) is 13.8 Å².